The summed E-state index contributed by atoms with van der Waals surface area (Å²) in [4.78, 5) is 12.3. The predicted molar refractivity (Wildman–Crippen MR) is 90.3 cm³/mol. The van der Waals surface area contributed by atoms with Gasteiger partial charge in [0, 0.05) is 11.7 Å². The zero-order chi connectivity index (χ0) is 16.3. The lowest BCUT2D eigenvalue weighted by Gasteiger charge is -2.14. The SMILES string of the molecule is O=C(Nc1ccc(S(=O)(=O)C2CCCC2)cc1)NC1CCCC1. The standard InChI is InChI=1S/C17H24N2O3S/c20-17(18-13-5-1-2-6-13)19-14-9-11-16(12-10-14)23(21,22)15-7-3-4-8-15/h9-13,15H,1-8H2,(H2,18,19,20). The van der Waals surface area contributed by atoms with Crippen molar-refractivity contribution in [1.82, 2.24) is 5.32 Å². The van der Waals surface area contributed by atoms with Crippen molar-refractivity contribution in [1.29, 1.82) is 0 Å². The number of anilines is 1. The number of urea groups is 1. The molecule has 3 rings (SSSR count). The first kappa shape index (κ1) is 16.3. The summed E-state index contributed by atoms with van der Waals surface area (Å²) in [5, 5.41) is 5.48. The summed E-state index contributed by atoms with van der Waals surface area (Å²) in [6.07, 6.45) is 7.89. The molecule has 0 aromatic heterocycles. The molecule has 2 fully saturated rings. The molecule has 5 nitrogen and oxygen atoms in total. The van der Waals surface area contributed by atoms with Crippen LogP contribution in [0.1, 0.15) is 51.4 Å². The van der Waals surface area contributed by atoms with Gasteiger partial charge in [-0.05, 0) is 49.9 Å². The lowest BCUT2D eigenvalue weighted by Crippen LogP contribution is -2.36. The van der Waals surface area contributed by atoms with Gasteiger partial charge in [0.1, 0.15) is 0 Å². The van der Waals surface area contributed by atoms with E-state index in [1.165, 1.54) is 12.8 Å². The molecule has 0 aliphatic heterocycles. The van der Waals surface area contributed by atoms with Crippen molar-refractivity contribution >= 4 is 21.6 Å². The van der Waals surface area contributed by atoms with Gasteiger partial charge in [0.05, 0.1) is 10.1 Å². The molecule has 0 radical (unpaired) electrons. The minimum Gasteiger partial charge on any atom is -0.335 e. The molecule has 2 saturated carbocycles. The summed E-state index contributed by atoms with van der Waals surface area (Å²) >= 11 is 0. The summed E-state index contributed by atoms with van der Waals surface area (Å²) in [6.45, 7) is 0. The van der Waals surface area contributed by atoms with E-state index in [4.69, 9.17) is 0 Å². The van der Waals surface area contributed by atoms with Crippen LogP contribution in [0.2, 0.25) is 0 Å². The fourth-order valence-electron chi connectivity index (χ4n) is 3.54. The van der Waals surface area contributed by atoms with Crippen LogP contribution in [-0.4, -0.2) is 25.7 Å². The van der Waals surface area contributed by atoms with Crippen LogP contribution in [-0.2, 0) is 9.84 Å². The largest absolute Gasteiger partial charge is 0.335 e. The second-order valence-corrected chi connectivity index (χ2v) is 8.78. The Morgan fingerprint density at radius 2 is 1.48 bits per heavy atom. The van der Waals surface area contributed by atoms with Crippen molar-refractivity contribution < 1.29 is 13.2 Å². The van der Waals surface area contributed by atoms with E-state index in [1.807, 2.05) is 0 Å². The number of carbonyl (C=O) groups is 1. The van der Waals surface area contributed by atoms with Crippen LogP contribution < -0.4 is 10.6 Å². The van der Waals surface area contributed by atoms with Crippen LogP contribution in [0.5, 0.6) is 0 Å². The minimum absolute atomic E-state index is 0.219. The van der Waals surface area contributed by atoms with Crippen molar-refractivity contribution in [2.24, 2.45) is 0 Å². The molecule has 0 heterocycles. The monoisotopic (exact) mass is 336 g/mol. The maximum Gasteiger partial charge on any atom is 0.319 e. The molecular weight excluding hydrogens is 312 g/mol. The van der Waals surface area contributed by atoms with Gasteiger partial charge in [0.25, 0.3) is 0 Å². The van der Waals surface area contributed by atoms with E-state index in [9.17, 15) is 13.2 Å². The van der Waals surface area contributed by atoms with Crippen LogP contribution in [0.15, 0.2) is 29.2 Å². The second-order valence-electron chi connectivity index (χ2n) is 6.56. The molecule has 1 aromatic carbocycles. The van der Waals surface area contributed by atoms with E-state index in [0.717, 1.165) is 38.5 Å². The Labute approximate surface area is 137 Å². The molecule has 126 valence electrons. The fraction of sp³-hybridized carbons (Fsp3) is 0.588. The first-order valence-corrected chi connectivity index (χ1v) is 10.0. The molecule has 6 heteroatoms. The van der Waals surface area contributed by atoms with Crippen LogP contribution >= 0.6 is 0 Å². The van der Waals surface area contributed by atoms with Gasteiger partial charge in [-0.2, -0.15) is 0 Å². The van der Waals surface area contributed by atoms with Crippen LogP contribution in [0.25, 0.3) is 0 Å². The Morgan fingerprint density at radius 1 is 0.913 bits per heavy atom. The quantitative estimate of drug-likeness (QED) is 0.884. The van der Waals surface area contributed by atoms with Crippen molar-refractivity contribution in [2.75, 3.05) is 5.32 Å². The molecule has 0 saturated heterocycles. The molecule has 2 aliphatic carbocycles. The van der Waals surface area contributed by atoms with Crippen molar-refractivity contribution in [3.05, 3.63) is 24.3 Å². The molecular formula is C17H24N2O3S. The third-order valence-corrected chi connectivity index (χ3v) is 7.15. The highest BCUT2D eigenvalue weighted by atomic mass is 32.2. The van der Waals surface area contributed by atoms with E-state index < -0.39 is 9.84 Å². The lowest BCUT2D eigenvalue weighted by molar-refractivity contribution is 0.248. The normalized spacial score (nSPS) is 19.8. The smallest absolute Gasteiger partial charge is 0.319 e. The molecule has 0 bridgehead atoms. The third-order valence-electron chi connectivity index (χ3n) is 4.87. The third kappa shape index (κ3) is 3.86. The molecule has 2 amide bonds. The van der Waals surface area contributed by atoms with Gasteiger partial charge in [-0.3, -0.25) is 0 Å². The lowest BCUT2D eigenvalue weighted by atomic mass is 10.2. The van der Waals surface area contributed by atoms with Gasteiger partial charge in [0.2, 0.25) is 0 Å². The first-order chi connectivity index (χ1) is 11.1. The minimum atomic E-state index is -3.23. The van der Waals surface area contributed by atoms with E-state index in [-0.39, 0.29) is 17.3 Å². The summed E-state index contributed by atoms with van der Waals surface area (Å²) < 4.78 is 25.0. The number of hydrogen-bond acceptors (Lipinski definition) is 3. The fourth-order valence-corrected chi connectivity index (χ4v) is 5.40. The highest BCUT2D eigenvalue weighted by Gasteiger charge is 2.30. The van der Waals surface area contributed by atoms with Crippen LogP contribution in [0.4, 0.5) is 10.5 Å². The number of benzene rings is 1. The Kier molecular flexibility index (Phi) is 4.90. The topological polar surface area (TPSA) is 75.3 Å². The molecule has 23 heavy (non-hydrogen) atoms. The Balaban J connectivity index is 1.61. The molecule has 0 unspecified atom stereocenters. The molecule has 2 N–H and O–H groups in total. The zero-order valence-electron chi connectivity index (χ0n) is 13.3. The van der Waals surface area contributed by atoms with Gasteiger partial charge in [-0.25, -0.2) is 13.2 Å². The van der Waals surface area contributed by atoms with Crippen molar-refractivity contribution in [3.63, 3.8) is 0 Å². The number of amides is 2. The Hall–Kier alpha value is -1.56. The van der Waals surface area contributed by atoms with E-state index in [1.54, 1.807) is 24.3 Å². The maximum absolute atomic E-state index is 12.5. The second kappa shape index (κ2) is 6.91. The number of rotatable bonds is 4. The van der Waals surface area contributed by atoms with Crippen molar-refractivity contribution in [3.8, 4) is 0 Å². The Morgan fingerprint density at radius 3 is 2.09 bits per heavy atom. The van der Waals surface area contributed by atoms with E-state index >= 15 is 0 Å². The summed E-state index contributed by atoms with van der Waals surface area (Å²) in [5.74, 6) is 0. The van der Waals surface area contributed by atoms with Crippen LogP contribution in [0, 0.1) is 0 Å². The maximum atomic E-state index is 12.5. The van der Waals surface area contributed by atoms with Gasteiger partial charge in [-0.1, -0.05) is 25.7 Å². The van der Waals surface area contributed by atoms with E-state index in [0.29, 0.717) is 10.6 Å². The number of nitrogens with one attached hydrogen (secondary N) is 2. The van der Waals surface area contributed by atoms with Gasteiger partial charge in [-0.15, -0.1) is 0 Å². The highest BCUT2D eigenvalue weighted by molar-refractivity contribution is 7.92. The zero-order valence-corrected chi connectivity index (χ0v) is 14.1. The highest BCUT2D eigenvalue weighted by Crippen LogP contribution is 2.30. The summed E-state index contributed by atoms with van der Waals surface area (Å²) in [7, 11) is -3.23. The van der Waals surface area contributed by atoms with Crippen LogP contribution in [0.3, 0.4) is 0 Å². The molecule has 2 aliphatic rings. The molecule has 0 atom stereocenters. The first-order valence-electron chi connectivity index (χ1n) is 8.47. The molecule has 0 spiro atoms. The van der Waals surface area contributed by atoms with Gasteiger partial charge >= 0.3 is 6.03 Å². The Bertz CT molecular complexity index is 643. The summed E-state index contributed by atoms with van der Waals surface area (Å²) in [5.41, 5.74) is 0.617. The number of hydrogen-bond donors (Lipinski definition) is 2. The number of carbonyl (C=O) groups excluding carboxylic acids is 1. The average Bonchev–Trinajstić information content (AvgIpc) is 3.21. The van der Waals surface area contributed by atoms with E-state index in [2.05, 4.69) is 10.6 Å². The number of sulfone groups is 1. The summed E-state index contributed by atoms with van der Waals surface area (Å²) in [6, 6.07) is 6.56. The van der Waals surface area contributed by atoms with Gasteiger partial charge < -0.3 is 10.6 Å². The van der Waals surface area contributed by atoms with Crippen molar-refractivity contribution in [2.45, 2.75) is 67.6 Å². The average molecular weight is 336 g/mol. The predicted octanol–water partition coefficient (Wildman–Crippen LogP) is 3.47. The molecule has 1 aromatic rings. The van der Waals surface area contributed by atoms with Gasteiger partial charge in [0.15, 0.2) is 9.84 Å².